The van der Waals surface area contributed by atoms with Crippen LogP contribution >= 0.6 is 11.3 Å². The number of rotatable bonds is 5. The van der Waals surface area contributed by atoms with Gasteiger partial charge in [-0.3, -0.25) is 4.98 Å². The Morgan fingerprint density at radius 1 is 1.35 bits per heavy atom. The standard InChI is InChI=1S/C14H18N2S/c1-11-5-14(8-15-7-11)9-16-12(2)6-13-3-4-17-10-13/h3-5,7-8,10,12,16H,6,9H2,1-2H3. The number of nitrogens with one attached hydrogen (secondary N) is 1. The van der Waals surface area contributed by atoms with Crippen LogP contribution in [0.5, 0.6) is 0 Å². The van der Waals surface area contributed by atoms with Gasteiger partial charge in [0.05, 0.1) is 0 Å². The summed E-state index contributed by atoms with van der Waals surface area (Å²) in [7, 11) is 0. The molecule has 0 fully saturated rings. The molecule has 0 amide bonds. The van der Waals surface area contributed by atoms with Crippen LogP contribution in [0.4, 0.5) is 0 Å². The number of hydrogen-bond donors (Lipinski definition) is 1. The number of aryl methyl sites for hydroxylation is 1. The molecule has 0 spiro atoms. The third kappa shape index (κ3) is 3.95. The monoisotopic (exact) mass is 246 g/mol. The largest absolute Gasteiger partial charge is 0.310 e. The Bertz CT molecular complexity index is 451. The molecule has 2 rings (SSSR count). The second kappa shape index (κ2) is 5.94. The molecular formula is C14H18N2S. The van der Waals surface area contributed by atoms with Crippen LogP contribution in [0, 0.1) is 6.92 Å². The Morgan fingerprint density at radius 2 is 2.24 bits per heavy atom. The van der Waals surface area contributed by atoms with Crippen LogP contribution in [0.15, 0.2) is 35.3 Å². The van der Waals surface area contributed by atoms with Crippen molar-refractivity contribution in [1.82, 2.24) is 10.3 Å². The third-order valence-electron chi connectivity index (χ3n) is 2.71. The molecule has 17 heavy (non-hydrogen) atoms. The second-order valence-corrected chi connectivity index (χ2v) is 5.27. The van der Waals surface area contributed by atoms with Crippen molar-refractivity contribution in [2.75, 3.05) is 0 Å². The molecule has 0 saturated carbocycles. The average Bonchev–Trinajstić information content (AvgIpc) is 2.79. The molecule has 1 N–H and O–H groups in total. The van der Waals surface area contributed by atoms with Gasteiger partial charge in [0.2, 0.25) is 0 Å². The summed E-state index contributed by atoms with van der Waals surface area (Å²) in [5.41, 5.74) is 3.88. The summed E-state index contributed by atoms with van der Waals surface area (Å²) < 4.78 is 0. The first-order valence-corrected chi connectivity index (χ1v) is 6.83. The lowest BCUT2D eigenvalue weighted by molar-refractivity contribution is 0.545. The highest BCUT2D eigenvalue weighted by Crippen LogP contribution is 2.09. The van der Waals surface area contributed by atoms with Gasteiger partial charge in [-0.1, -0.05) is 6.07 Å². The highest BCUT2D eigenvalue weighted by atomic mass is 32.1. The van der Waals surface area contributed by atoms with Gasteiger partial charge < -0.3 is 5.32 Å². The van der Waals surface area contributed by atoms with Crippen LogP contribution in [0.3, 0.4) is 0 Å². The maximum Gasteiger partial charge on any atom is 0.0313 e. The first kappa shape index (κ1) is 12.3. The predicted molar refractivity (Wildman–Crippen MR) is 73.3 cm³/mol. The summed E-state index contributed by atoms with van der Waals surface area (Å²) in [5.74, 6) is 0. The quantitative estimate of drug-likeness (QED) is 0.876. The highest BCUT2D eigenvalue weighted by Gasteiger charge is 2.03. The normalized spacial score (nSPS) is 12.6. The van der Waals surface area contributed by atoms with E-state index >= 15 is 0 Å². The number of aromatic nitrogens is 1. The summed E-state index contributed by atoms with van der Waals surface area (Å²) in [6.07, 6.45) is 4.90. The van der Waals surface area contributed by atoms with Crippen molar-refractivity contribution in [1.29, 1.82) is 0 Å². The smallest absolute Gasteiger partial charge is 0.0313 e. The van der Waals surface area contributed by atoms with E-state index in [0.29, 0.717) is 6.04 Å². The van der Waals surface area contributed by atoms with Gasteiger partial charge in [0.1, 0.15) is 0 Å². The average molecular weight is 246 g/mol. The van der Waals surface area contributed by atoms with E-state index < -0.39 is 0 Å². The van der Waals surface area contributed by atoms with E-state index in [2.05, 4.69) is 47.0 Å². The molecule has 2 nitrogen and oxygen atoms in total. The summed E-state index contributed by atoms with van der Waals surface area (Å²) in [4.78, 5) is 4.20. The van der Waals surface area contributed by atoms with Gasteiger partial charge >= 0.3 is 0 Å². The first-order valence-electron chi connectivity index (χ1n) is 5.89. The van der Waals surface area contributed by atoms with Crippen LogP contribution in [-0.4, -0.2) is 11.0 Å². The number of hydrogen-bond acceptors (Lipinski definition) is 3. The Kier molecular flexibility index (Phi) is 4.29. The Balaban J connectivity index is 1.82. The summed E-state index contributed by atoms with van der Waals surface area (Å²) in [6, 6.07) is 4.86. The minimum absolute atomic E-state index is 0.491. The van der Waals surface area contributed by atoms with Crippen molar-refractivity contribution in [2.45, 2.75) is 32.9 Å². The van der Waals surface area contributed by atoms with E-state index in [1.54, 1.807) is 11.3 Å². The zero-order chi connectivity index (χ0) is 12.1. The lowest BCUT2D eigenvalue weighted by Crippen LogP contribution is -2.27. The van der Waals surface area contributed by atoms with E-state index in [1.165, 1.54) is 16.7 Å². The van der Waals surface area contributed by atoms with E-state index in [9.17, 15) is 0 Å². The maximum atomic E-state index is 4.20. The van der Waals surface area contributed by atoms with Gasteiger partial charge in [-0.2, -0.15) is 11.3 Å². The molecule has 0 aliphatic carbocycles. The molecule has 90 valence electrons. The lowest BCUT2D eigenvalue weighted by atomic mass is 10.1. The third-order valence-corrected chi connectivity index (χ3v) is 3.44. The maximum absolute atomic E-state index is 4.20. The van der Waals surface area contributed by atoms with Gasteiger partial charge in [-0.15, -0.1) is 0 Å². The van der Waals surface area contributed by atoms with Crippen molar-refractivity contribution >= 4 is 11.3 Å². The van der Waals surface area contributed by atoms with Crippen molar-refractivity contribution in [2.24, 2.45) is 0 Å². The molecule has 1 atom stereocenters. The van der Waals surface area contributed by atoms with E-state index in [0.717, 1.165) is 13.0 Å². The first-order chi connectivity index (χ1) is 8.24. The molecule has 2 aromatic rings. The van der Waals surface area contributed by atoms with Crippen molar-refractivity contribution in [3.8, 4) is 0 Å². The fourth-order valence-corrected chi connectivity index (χ4v) is 2.52. The molecule has 0 aliphatic heterocycles. The van der Waals surface area contributed by atoms with Crippen molar-refractivity contribution in [3.05, 3.63) is 52.0 Å². The number of nitrogens with zero attached hydrogens (tertiary/aromatic N) is 1. The Morgan fingerprint density at radius 3 is 2.94 bits per heavy atom. The predicted octanol–water partition coefficient (Wildman–Crippen LogP) is 3.17. The van der Waals surface area contributed by atoms with Crippen LogP contribution in [0.2, 0.25) is 0 Å². The molecule has 0 saturated heterocycles. The van der Waals surface area contributed by atoms with Gasteiger partial charge in [0.15, 0.2) is 0 Å². The lowest BCUT2D eigenvalue weighted by Gasteiger charge is -2.13. The van der Waals surface area contributed by atoms with Crippen LogP contribution in [0.25, 0.3) is 0 Å². The molecular weight excluding hydrogens is 228 g/mol. The zero-order valence-corrected chi connectivity index (χ0v) is 11.1. The van der Waals surface area contributed by atoms with Gasteiger partial charge in [0, 0.05) is 25.0 Å². The fourth-order valence-electron chi connectivity index (χ4n) is 1.84. The number of pyridine rings is 1. The minimum Gasteiger partial charge on any atom is -0.310 e. The summed E-state index contributed by atoms with van der Waals surface area (Å²) >= 11 is 1.76. The molecule has 1 unspecified atom stereocenters. The van der Waals surface area contributed by atoms with Crippen LogP contribution in [-0.2, 0) is 13.0 Å². The van der Waals surface area contributed by atoms with E-state index in [-0.39, 0.29) is 0 Å². The topological polar surface area (TPSA) is 24.9 Å². The van der Waals surface area contributed by atoms with Crippen molar-refractivity contribution in [3.63, 3.8) is 0 Å². The molecule has 0 bridgehead atoms. The Labute approximate surface area is 107 Å². The minimum atomic E-state index is 0.491. The van der Waals surface area contributed by atoms with E-state index in [1.807, 2.05) is 12.4 Å². The van der Waals surface area contributed by atoms with Gasteiger partial charge in [0.25, 0.3) is 0 Å². The molecule has 3 heteroatoms. The van der Waals surface area contributed by atoms with Crippen LogP contribution in [0.1, 0.15) is 23.6 Å². The van der Waals surface area contributed by atoms with E-state index in [4.69, 9.17) is 0 Å². The van der Waals surface area contributed by atoms with Gasteiger partial charge in [-0.25, -0.2) is 0 Å². The van der Waals surface area contributed by atoms with Crippen LogP contribution < -0.4 is 5.32 Å². The second-order valence-electron chi connectivity index (χ2n) is 4.49. The molecule has 2 heterocycles. The highest BCUT2D eigenvalue weighted by molar-refractivity contribution is 7.07. The number of thiophene rings is 1. The zero-order valence-electron chi connectivity index (χ0n) is 10.3. The summed E-state index contributed by atoms with van der Waals surface area (Å²) in [6.45, 7) is 5.19. The molecule has 0 radical (unpaired) electrons. The van der Waals surface area contributed by atoms with Gasteiger partial charge in [-0.05, 0) is 53.8 Å². The Hall–Kier alpha value is -1.19. The fraction of sp³-hybridized carbons (Fsp3) is 0.357. The SMILES string of the molecule is Cc1cncc(CNC(C)Cc2ccsc2)c1. The molecule has 2 aromatic heterocycles. The van der Waals surface area contributed by atoms with Crippen molar-refractivity contribution < 1.29 is 0 Å². The molecule has 0 aliphatic rings. The molecule has 0 aromatic carbocycles. The summed E-state index contributed by atoms with van der Waals surface area (Å²) in [5, 5.41) is 7.88.